The van der Waals surface area contributed by atoms with Gasteiger partial charge in [0.15, 0.2) is 0 Å². The van der Waals surface area contributed by atoms with Crippen LogP contribution < -0.4 is 9.80 Å². The molecule has 4 nitrogen and oxygen atoms in total. The molecule has 5 rings (SSSR count). The molecular formula is C22H19FN4S. The van der Waals surface area contributed by atoms with Gasteiger partial charge in [-0.25, -0.2) is 14.4 Å². The zero-order valence-corrected chi connectivity index (χ0v) is 16.1. The van der Waals surface area contributed by atoms with Crippen molar-refractivity contribution in [3.05, 3.63) is 72.8 Å². The highest BCUT2D eigenvalue weighted by atomic mass is 32.1. The van der Waals surface area contributed by atoms with Gasteiger partial charge in [0.2, 0.25) is 0 Å². The number of halogens is 1. The first-order valence-corrected chi connectivity index (χ1v) is 10.1. The van der Waals surface area contributed by atoms with E-state index in [-0.39, 0.29) is 5.82 Å². The van der Waals surface area contributed by atoms with Crippen LogP contribution in [0.1, 0.15) is 0 Å². The van der Waals surface area contributed by atoms with Gasteiger partial charge < -0.3 is 9.80 Å². The molecule has 2 aromatic carbocycles. The summed E-state index contributed by atoms with van der Waals surface area (Å²) < 4.78 is 13.2. The van der Waals surface area contributed by atoms with E-state index < -0.39 is 0 Å². The Hall–Kier alpha value is -2.99. The van der Waals surface area contributed by atoms with Gasteiger partial charge in [0.05, 0.1) is 5.39 Å². The summed E-state index contributed by atoms with van der Waals surface area (Å²) in [6, 6.07) is 19.3. The summed E-state index contributed by atoms with van der Waals surface area (Å²) in [5, 5.41) is 1.11. The monoisotopic (exact) mass is 390 g/mol. The Morgan fingerprint density at radius 2 is 1.54 bits per heavy atom. The third kappa shape index (κ3) is 3.20. The fraction of sp³-hybridized carbons (Fsp3) is 0.182. The van der Waals surface area contributed by atoms with Gasteiger partial charge >= 0.3 is 0 Å². The fourth-order valence-corrected chi connectivity index (χ4v) is 4.67. The lowest BCUT2D eigenvalue weighted by Gasteiger charge is -2.36. The van der Waals surface area contributed by atoms with Gasteiger partial charge in [0.1, 0.15) is 22.8 Å². The lowest BCUT2D eigenvalue weighted by atomic mass is 10.2. The Kier molecular flexibility index (Phi) is 4.41. The predicted molar refractivity (Wildman–Crippen MR) is 114 cm³/mol. The van der Waals surface area contributed by atoms with Crippen molar-refractivity contribution in [2.75, 3.05) is 36.0 Å². The van der Waals surface area contributed by atoms with Gasteiger partial charge in [-0.2, -0.15) is 0 Å². The number of anilines is 2. The van der Waals surface area contributed by atoms with E-state index in [1.807, 2.05) is 18.2 Å². The summed E-state index contributed by atoms with van der Waals surface area (Å²) in [6.45, 7) is 3.51. The summed E-state index contributed by atoms with van der Waals surface area (Å²) in [4.78, 5) is 15.9. The predicted octanol–water partition coefficient (Wildman–Crippen LogP) is 4.82. The van der Waals surface area contributed by atoms with Gasteiger partial charge in [-0.05, 0) is 35.9 Å². The lowest BCUT2D eigenvalue weighted by molar-refractivity contribution is 0.624. The van der Waals surface area contributed by atoms with Gasteiger partial charge in [-0.1, -0.05) is 30.3 Å². The molecule has 1 aliphatic rings. The Bertz CT molecular complexity index is 1090. The number of benzene rings is 2. The van der Waals surface area contributed by atoms with Crippen LogP contribution in [0.3, 0.4) is 0 Å². The molecule has 0 N–H and O–H groups in total. The van der Waals surface area contributed by atoms with E-state index in [0.717, 1.165) is 47.9 Å². The molecule has 0 amide bonds. The van der Waals surface area contributed by atoms with E-state index >= 15 is 0 Å². The quantitative estimate of drug-likeness (QED) is 0.502. The number of rotatable bonds is 3. The van der Waals surface area contributed by atoms with Crippen LogP contribution in [0.5, 0.6) is 0 Å². The first kappa shape index (κ1) is 17.1. The zero-order chi connectivity index (χ0) is 18.9. The van der Waals surface area contributed by atoms with Gasteiger partial charge in [-0.3, -0.25) is 0 Å². The molecule has 28 heavy (non-hydrogen) atoms. The molecule has 3 heterocycles. The molecule has 0 saturated carbocycles. The van der Waals surface area contributed by atoms with E-state index in [2.05, 4.69) is 50.1 Å². The van der Waals surface area contributed by atoms with Crippen LogP contribution in [-0.4, -0.2) is 36.1 Å². The molecule has 4 aromatic rings. The third-order valence-corrected chi connectivity index (χ3v) is 6.23. The van der Waals surface area contributed by atoms with Crippen LogP contribution in [0, 0.1) is 5.82 Å². The molecule has 1 fully saturated rings. The molecular weight excluding hydrogens is 371 g/mol. The van der Waals surface area contributed by atoms with Crippen LogP contribution >= 0.6 is 11.3 Å². The SMILES string of the molecule is Fc1ccc(N2CCN(c3ncnc4sc(-c5ccccc5)cc34)CC2)cc1. The maximum atomic E-state index is 13.2. The lowest BCUT2D eigenvalue weighted by Crippen LogP contribution is -2.46. The minimum absolute atomic E-state index is 0.197. The maximum Gasteiger partial charge on any atom is 0.140 e. The first-order chi connectivity index (χ1) is 13.8. The first-order valence-electron chi connectivity index (χ1n) is 9.33. The smallest absolute Gasteiger partial charge is 0.140 e. The summed E-state index contributed by atoms with van der Waals surface area (Å²) in [5.41, 5.74) is 2.27. The molecule has 6 heteroatoms. The van der Waals surface area contributed by atoms with Crippen LogP contribution in [0.2, 0.25) is 0 Å². The second kappa shape index (κ2) is 7.20. The third-order valence-electron chi connectivity index (χ3n) is 5.14. The van der Waals surface area contributed by atoms with Crippen molar-refractivity contribution in [2.24, 2.45) is 0 Å². The molecule has 2 aromatic heterocycles. The second-order valence-electron chi connectivity index (χ2n) is 6.84. The Morgan fingerprint density at radius 3 is 2.29 bits per heavy atom. The minimum Gasteiger partial charge on any atom is -0.368 e. The standard InChI is InChI=1S/C22H19FN4S/c23-17-6-8-18(9-7-17)26-10-12-27(13-11-26)21-19-14-20(16-4-2-1-3-5-16)28-22(19)25-15-24-21/h1-9,14-15H,10-13H2. The van der Waals surface area contributed by atoms with Crippen molar-refractivity contribution in [1.29, 1.82) is 0 Å². The molecule has 0 radical (unpaired) electrons. The molecule has 0 unspecified atom stereocenters. The molecule has 0 spiro atoms. The van der Waals surface area contributed by atoms with E-state index in [0.29, 0.717) is 0 Å². The van der Waals surface area contributed by atoms with Gasteiger partial charge in [0.25, 0.3) is 0 Å². The Labute approximate surface area is 166 Å². The van der Waals surface area contributed by atoms with Crippen molar-refractivity contribution in [3.63, 3.8) is 0 Å². The van der Waals surface area contributed by atoms with Crippen molar-refractivity contribution < 1.29 is 4.39 Å². The zero-order valence-electron chi connectivity index (χ0n) is 15.3. The van der Waals surface area contributed by atoms with Crippen LogP contribution in [0.4, 0.5) is 15.9 Å². The summed E-state index contributed by atoms with van der Waals surface area (Å²) >= 11 is 1.70. The Balaban J connectivity index is 1.39. The average Bonchev–Trinajstić information content (AvgIpc) is 3.20. The normalized spacial score (nSPS) is 14.6. The number of hydrogen-bond donors (Lipinski definition) is 0. The van der Waals surface area contributed by atoms with Crippen molar-refractivity contribution in [2.45, 2.75) is 0 Å². The highest BCUT2D eigenvalue weighted by molar-refractivity contribution is 7.21. The average molecular weight is 390 g/mol. The summed E-state index contributed by atoms with van der Waals surface area (Å²) in [5.74, 6) is 0.805. The number of piperazine rings is 1. The maximum absolute atomic E-state index is 13.2. The van der Waals surface area contributed by atoms with Crippen LogP contribution in [0.25, 0.3) is 20.7 Å². The van der Waals surface area contributed by atoms with E-state index in [1.165, 1.54) is 22.6 Å². The number of fused-ring (bicyclic) bond motifs is 1. The minimum atomic E-state index is -0.197. The van der Waals surface area contributed by atoms with Crippen molar-refractivity contribution in [1.82, 2.24) is 9.97 Å². The number of thiophene rings is 1. The molecule has 1 saturated heterocycles. The number of aromatic nitrogens is 2. The van der Waals surface area contributed by atoms with E-state index in [1.54, 1.807) is 17.7 Å². The molecule has 140 valence electrons. The fourth-order valence-electron chi connectivity index (χ4n) is 3.67. The summed E-state index contributed by atoms with van der Waals surface area (Å²) in [7, 11) is 0. The van der Waals surface area contributed by atoms with Crippen molar-refractivity contribution >= 4 is 33.1 Å². The van der Waals surface area contributed by atoms with Crippen LogP contribution in [-0.2, 0) is 0 Å². The highest BCUT2D eigenvalue weighted by Gasteiger charge is 2.21. The summed E-state index contributed by atoms with van der Waals surface area (Å²) in [6.07, 6.45) is 1.66. The Morgan fingerprint density at radius 1 is 0.821 bits per heavy atom. The van der Waals surface area contributed by atoms with E-state index in [9.17, 15) is 4.39 Å². The molecule has 0 atom stereocenters. The highest BCUT2D eigenvalue weighted by Crippen LogP contribution is 2.36. The molecule has 0 aliphatic carbocycles. The number of nitrogens with zero attached hydrogens (tertiary/aromatic N) is 4. The van der Waals surface area contributed by atoms with Crippen molar-refractivity contribution in [3.8, 4) is 10.4 Å². The molecule has 1 aliphatic heterocycles. The molecule has 0 bridgehead atoms. The second-order valence-corrected chi connectivity index (χ2v) is 7.87. The van der Waals surface area contributed by atoms with E-state index in [4.69, 9.17) is 0 Å². The van der Waals surface area contributed by atoms with Gasteiger partial charge in [-0.15, -0.1) is 11.3 Å². The largest absolute Gasteiger partial charge is 0.368 e. The topological polar surface area (TPSA) is 32.3 Å². The number of hydrogen-bond acceptors (Lipinski definition) is 5. The van der Waals surface area contributed by atoms with Crippen LogP contribution in [0.15, 0.2) is 67.0 Å². The van der Waals surface area contributed by atoms with Gasteiger partial charge in [0, 0.05) is 36.7 Å².